The van der Waals surface area contributed by atoms with Crippen LogP contribution in [0.15, 0.2) is 0 Å². The Hall–Kier alpha value is 0.290. The van der Waals surface area contributed by atoms with Crippen molar-refractivity contribution in [2.24, 2.45) is 11.8 Å². The molecule has 0 amide bonds. The van der Waals surface area contributed by atoms with Gasteiger partial charge in [-0.15, -0.1) is 0 Å². The van der Waals surface area contributed by atoms with Crippen LogP contribution in [0.2, 0.25) is 0 Å². The largest absolute Gasteiger partial charge is 0.213 e. The van der Waals surface area contributed by atoms with Gasteiger partial charge in [-0.25, -0.2) is 4.98 Å². The van der Waals surface area contributed by atoms with Crippen LogP contribution in [-0.4, -0.2) is 9.36 Å². The molecule has 74 valence electrons. The summed E-state index contributed by atoms with van der Waals surface area (Å²) in [5.74, 6) is 2.76. The molecule has 0 aliphatic rings. The van der Waals surface area contributed by atoms with Crippen molar-refractivity contribution in [1.82, 2.24) is 9.36 Å². The van der Waals surface area contributed by atoms with Crippen LogP contribution in [-0.2, 0) is 0 Å². The summed E-state index contributed by atoms with van der Waals surface area (Å²) in [6.07, 6.45) is 0. The second-order valence-corrected chi connectivity index (χ2v) is 6.42. The Labute approximate surface area is 97.5 Å². The molecule has 1 aromatic heterocycles. The Morgan fingerprint density at radius 2 is 1.69 bits per heavy atom. The zero-order chi connectivity index (χ0) is 10.0. The third-order valence-corrected chi connectivity index (χ3v) is 3.50. The lowest BCUT2D eigenvalue weighted by Gasteiger charge is -2.21. The van der Waals surface area contributed by atoms with Crippen molar-refractivity contribution in [1.29, 1.82) is 0 Å². The average molecular weight is 310 g/mol. The Kier molecular flexibility index (Phi) is 4.09. The minimum atomic E-state index is 0.500. The molecule has 0 saturated carbocycles. The van der Waals surface area contributed by atoms with Crippen molar-refractivity contribution in [3.63, 3.8) is 0 Å². The van der Waals surface area contributed by atoms with E-state index in [1.807, 2.05) is 0 Å². The number of nitrogens with zero attached hydrogens (tertiary/aromatic N) is 2. The van der Waals surface area contributed by atoms with Gasteiger partial charge in [-0.05, 0) is 46.0 Å². The monoisotopic (exact) mass is 310 g/mol. The Bertz CT molecular complexity index is 262. The molecular formula is C9H15IN2S. The first-order valence-electron chi connectivity index (χ1n) is 4.51. The lowest BCUT2D eigenvalue weighted by molar-refractivity contribution is 0.374. The maximum Gasteiger partial charge on any atom is 0.173 e. The maximum absolute atomic E-state index is 4.45. The van der Waals surface area contributed by atoms with Crippen LogP contribution in [0.5, 0.6) is 0 Å². The summed E-state index contributed by atoms with van der Waals surface area (Å²) in [4.78, 5) is 4.45. The van der Waals surface area contributed by atoms with Crippen molar-refractivity contribution in [2.45, 2.75) is 33.6 Å². The second kappa shape index (κ2) is 4.68. The van der Waals surface area contributed by atoms with Crippen LogP contribution in [0.25, 0.3) is 0 Å². The van der Waals surface area contributed by atoms with Gasteiger partial charge in [-0.2, -0.15) is 4.37 Å². The molecule has 0 radical (unpaired) electrons. The topological polar surface area (TPSA) is 25.8 Å². The molecule has 0 aliphatic carbocycles. The van der Waals surface area contributed by atoms with Gasteiger partial charge >= 0.3 is 0 Å². The molecule has 0 spiro atoms. The molecular weight excluding hydrogens is 295 g/mol. The lowest BCUT2D eigenvalue weighted by Crippen LogP contribution is -2.14. The Morgan fingerprint density at radius 1 is 1.15 bits per heavy atom. The summed E-state index contributed by atoms with van der Waals surface area (Å²) in [5.41, 5.74) is 0. The smallest absolute Gasteiger partial charge is 0.173 e. The van der Waals surface area contributed by atoms with Gasteiger partial charge in [0.25, 0.3) is 0 Å². The number of rotatable bonds is 3. The molecule has 2 nitrogen and oxygen atoms in total. The molecule has 0 bridgehead atoms. The van der Waals surface area contributed by atoms with Gasteiger partial charge in [-0.3, -0.25) is 0 Å². The minimum absolute atomic E-state index is 0.500. The van der Waals surface area contributed by atoms with Gasteiger partial charge in [0.1, 0.15) is 5.82 Å². The molecule has 0 unspecified atom stereocenters. The van der Waals surface area contributed by atoms with Gasteiger partial charge in [-0.1, -0.05) is 27.7 Å². The first-order chi connectivity index (χ1) is 6.02. The first-order valence-corrected chi connectivity index (χ1v) is 6.36. The average Bonchev–Trinajstić information content (AvgIpc) is 2.34. The van der Waals surface area contributed by atoms with E-state index in [4.69, 9.17) is 0 Å². The maximum atomic E-state index is 4.45. The van der Waals surface area contributed by atoms with Gasteiger partial charge in [0.15, 0.2) is 3.01 Å². The highest BCUT2D eigenvalue weighted by molar-refractivity contribution is 14.1. The summed E-state index contributed by atoms with van der Waals surface area (Å²) in [7, 11) is 0. The molecule has 0 atom stereocenters. The van der Waals surface area contributed by atoms with Crippen molar-refractivity contribution >= 4 is 34.1 Å². The molecule has 4 heteroatoms. The van der Waals surface area contributed by atoms with E-state index in [0.29, 0.717) is 17.8 Å². The number of hydrogen-bond acceptors (Lipinski definition) is 3. The lowest BCUT2D eigenvalue weighted by atomic mass is 9.85. The third kappa shape index (κ3) is 2.87. The van der Waals surface area contributed by atoms with E-state index in [1.54, 1.807) is 0 Å². The molecule has 1 aromatic rings. The minimum Gasteiger partial charge on any atom is -0.213 e. The molecule has 0 aromatic carbocycles. The molecule has 1 heterocycles. The van der Waals surface area contributed by atoms with E-state index < -0.39 is 0 Å². The van der Waals surface area contributed by atoms with Crippen LogP contribution < -0.4 is 0 Å². The summed E-state index contributed by atoms with van der Waals surface area (Å²) in [5, 5.41) is 0. The predicted molar refractivity (Wildman–Crippen MR) is 65.0 cm³/mol. The van der Waals surface area contributed by atoms with Gasteiger partial charge in [0.2, 0.25) is 0 Å². The fraction of sp³-hybridized carbons (Fsp3) is 0.778. The van der Waals surface area contributed by atoms with Crippen LogP contribution in [0.1, 0.15) is 39.4 Å². The molecule has 13 heavy (non-hydrogen) atoms. The standard InChI is InChI=1S/C9H15IN2S/c1-5(2)7(6(3)4)8-11-9(10)13-12-8/h5-7H,1-4H3. The first kappa shape index (κ1) is 11.4. The van der Waals surface area contributed by atoms with Crippen molar-refractivity contribution in [3.05, 3.63) is 8.84 Å². The highest BCUT2D eigenvalue weighted by Gasteiger charge is 2.23. The van der Waals surface area contributed by atoms with E-state index >= 15 is 0 Å². The number of hydrogen-bond donors (Lipinski definition) is 0. The highest BCUT2D eigenvalue weighted by atomic mass is 127. The zero-order valence-corrected chi connectivity index (χ0v) is 11.4. The van der Waals surface area contributed by atoms with E-state index in [1.165, 1.54) is 11.5 Å². The summed E-state index contributed by atoms with van der Waals surface area (Å²) in [6, 6.07) is 0. The van der Waals surface area contributed by atoms with E-state index in [2.05, 4.69) is 59.6 Å². The molecule has 0 aliphatic heterocycles. The summed E-state index contributed by atoms with van der Waals surface area (Å²) in [6.45, 7) is 8.94. The molecule has 0 N–H and O–H groups in total. The summed E-state index contributed by atoms with van der Waals surface area (Å²) >= 11 is 3.72. The van der Waals surface area contributed by atoms with Gasteiger partial charge in [0, 0.05) is 5.92 Å². The van der Waals surface area contributed by atoms with Crippen molar-refractivity contribution < 1.29 is 0 Å². The Morgan fingerprint density at radius 3 is 2.00 bits per heavy atom. The molecule has 1 rings (SSSR count). The molecule has 0 fully saturated rings. The summed E-state index contributed by atoms with van der Waals surface area (Å²) < 4.78 is 5.42. The predicted octanol–water partition coefficient (Wildman–Crippen LogP) is 3.54. The normalized spacial score (nSPS) is 12.0. The quantitative estimate of drug-likeness (QED) is 0.798. The van der Waals surface area contributed by atoms with E-state index in [-0.39, 0.29) is 0 Å². The fourth-order valence-electron chi connectivity index (χ4n) is 1.72. The molecule has 0 saturated heterocycles. The number of halogens is 1. The fourth-order valence-corrected chi connectivity index (χ4v) is 2.73. The van der Waals surface area contributed by atoms with E-state index in [0.717, 1.165) is 8.84 Å². The van der Waals surface area contributed by atoms with Crippen LogP contribution >= 0.6 is 34.1 Å². The zero-order valence-electron chi connectivity index (χ0n) is 8.41. The second-order valence-electron chi connectivity index (χ2n) is 3.92. The SMILES string of the molecule is CC(C)C(c1nsc(I)n1)C(C)C. The highest BCUT2D eigenvalue weighted by Crippen LogP contribution is 2.30. The third-order valence-electron chi connectivity index (χ3n) is 2.15. The van der Waals surface area contributed by atoms with Crippen molar-refractivity contribution in [3.8, 4) is 0 Å². The van der Waals surface area contributed by atoms with Gasteiger partial charge < -0.3 is 0 Å². The van der Waals surface area contributed by atoms with Crippen LogP contribution in [0.3, 0.4) is 0 Å². The van der Waals surface area contributed by atoms with Crippen LogP contribution in [0.4, 0.5) is 0 Å². The van der Waals surface area contributed by atoms with Gasteiger partial charge in [0.05, 0.1) is 0 Å². The van der Waals surface area contributed by atoms with Crippen molar-refractivity contribution in [2.75, 3.05) is 0 Å². The van der Waals surface area contributed by atoms with Crippen LogP contribution in [0, 0.1) is 14.9 Å². The Balaban J connectivity index is 2.88. The number of aromatic nitrogens is 2. The van der Waals surface area contributed by atoms with E-state index in [9.17, 15) is 0 Å².